The zero-order chi connectivity index (χ0) is 15.5. The standard InChI is InChI=1S/C13H28N4O3/c1-10(2)12(14)13(19)16-9-11(18)15-5-7-20-8-6-17(3)4/h10,12H,5-9,14H2,1-4H3,(H,15,18)(H,16,19)/t12-/m0/s1. The van der Waals surface area contributed by atoms with Crippen molar-refractivity contribution in [2.75, 3.05) is 46.9 Å². The van der Waals surface area contributed by atoms with Gasteiger partial charge in [-0.1, -0.05) is 13.8 Å². The third-order valence-corrected chi connectivity index (χ3v) is 2.70. The molecule has 0 aromatic rings. The molecule has 0 heterocycles. The average molecular weight is 288 g/mol. The molecule has 0 saturated carbocycles. The molecule has 7 heteroatoms. The highest BCUT2D eigenvalue weighted by Gasteiger charge is 2.17. The molecular weight excluding hydrogens is 260 g/mol. The molecule has 0 aliphatic rings. The Hall–Kier alpha value is -1.18. The van der Waals surface area contributed by atoms with E-state index in [1.54, 1.807) is 0 Å². The van der Waals surface area contributed by atoms with Crippen molar-refractivity contribution in [1.82, 2.24) is 15.5 Å². The van der Waals surface area contributed by atoms with Crippen LogP contribution in [0.2, 0.25) is 0 Å². The zero-order valence-corrected chi connectivity index (χ0v) is 12.9. The Morgan fingerprint density at radius 3 is 2.40 bits per heavy atom. The molecule has 0 saturated heterocycles. The lowest BCUT2D eigenvalue weighted by Crippen LogP contribution is -2.47. The number of amides is 2. The van der Waals surface area contributed by atoms with Crippen molar-refractivity contribution in [3.05, 3.63) is 0 Å². The first-order valence-electron chi connectivity index (χ1n) is 6.87. The van der Waals surface area contributed by atoms with E-state index in [-0.39, 0.29) is 24.3 Å². The highest BCUT2D eigenvalue weighted by Crippen LogP contribution is 1.97. The maximum atomic E-state index is 11.5. The van der Waals surface area contributed by atoms with Gasteiger partial charge >= 0.3 is 0 Å². The number of carbonyl (C=O) groups excluding carboxylic acids is 2. The van der Waals surface area contributed by atoms with Gasteiger partial charge in [-0.3, -0.25) is 9.59 Å². The van der Waals surface area contributed by atoms with E-state index in [0.29, 0.717) is 19.8 Å². The minimum atomic E-state index is -0.586. The number of rotatable bonds is 10. The fourth-order valence-corrected chi connectivity index (χ4v) is 1.26. The van der Waals surface area contributed by atoms with Gasteiger partial charge < -0.3 is 26.0 Å². The molecule has 4 N–H and O–H groups in total. The molecule has 0 aromatic carbocycles. The summed E-state index contributed by atoms with van der Waals surface area (Å²) in [6.07, 6.45) is 0. The van der Waals surface area contributed by atoms with Gasteiger partial charge in [0.1, 0.15) is 0 Å². The quantitative estimate of drug-likeness (QED) is 0.438. The van der Waals surface area contributed by atoms with Crippen LogP contribution in [0.25, 0.3) is 0 Å². The van der Waals surface area contributed by atoms with Crippen LogP contribution >= 0.6 is 0 Å². The number of nitrogens with one attached hydrogen (secondary N) is 2. The smallest absolute Gasteiger partial charge is 0.239 e. The molecule has 118 valence electrons. The van der Waals surface area contributed by atoms with Gasteiger partial charge in [-0.05, 0) is 20.0 Å². The summed E-state index contributed by atoms with van der Waals surface area (Å²) in [6.45, 7) is 6.01. The largest absolute Gasteiger partial charge is 0.378 e. The van der Waals surface area contributed by atoms with Gasteiger partial charge in [0.05, 0.1) is 25.8 Å². The van der Waals surface area contributed by atoms with Crippen LogP contribution in [0.5, 0.6) is 0 Å². The lowest BCUT2D eigenvalue weighted by atomic mass is 10.1. The van der Waals surface area contributed by atoms with Gasteiger partial charge in [0, 0.05) is 13.1 Å². The van der Waals surface area contributed by atoms with Crippen molar-refractivity contribution in [1.29, 1.82) is 0 Å². The number of likely N-dealkylation sites (N-methyl/N-ethyl adjacent to an activating group) is 1. The van der Waals surface area contributed by atoms with E-state index in [0.717, 1.165) is 6.54 Å². The maximum Gasteiger partial charge on any atom is 0.239 e. The van der Waals surface area contributed by atoms with E-state index in [9.17, 15) is 9.59 Å². The predicted molar refractivity (Wildman–Crippen MR) is 78.2 cm³/mol. The van der Waals surface area contributed by atoms with Crippen LogP contribution in [-0.4, -0.2) is 69.7 Å². The molecule has 0 aromatic heterocycles. The lowest BCUT2D eigenvalue weighted by molar-refractivity contribution is -0.127. The second kappa shape index (κ2) is 10.6. The molecule has 0 aliphatic carbocycles. The number of nitrogens with two attached hydrogens (primary N) is 1. The first-order chi connectivity index (χ1) is 9.34. The monoisotopic (exact) mass is 288 g/mol. The Labute approximate surface area is 121 Å². The SMILES string of the molecule is CC(C)[C@H](N)C(=O)NCC(=O)NCCOCCN(C)C. The Morgan fingerprint density at radius 2 is 1.85 bits per heavy atom. The summed E-state index contributed by atoms with van der Waals surface area (Å²) in [5.41, 5.74) is 5.66. The summed E-state index contributed by atoms with van der Waals surface area (Å²) >= 11 is 0. The van der Waals surface area contributed by atoms with Gasteiger partial charge in [-0.25, -0.2) is 0 Å². The van der Waals surface area contributed by atoms with Crippen LogP contribution in [0, 0.1) is 5.92 Å². The van der Waals surface area contributed by atoms with Gasteiger partial charge in [0.2, 0.25) is 11.8 Å². The maximum absolute atomic E-state index is 11.5. The number of hydrogen-bond acceptors (Lipinski definition) is 5. The number of hydrogen-bond donors (Lipinski definition) is 3. The van der Waals surface area contributed by atoms with Crippen LogP contribution < -0.4 is 16.4 Å². The van der Waals surface area contributed by atoms with Crippen LogP contribution in [-0.2, 0) is 14.3 Å². The Bertz CT molecular complexity index is 295. The Morgan fingerprint density at radius 1 is 1.20 bits per heavy atom. The molecule has 1 atom stereocenters. The number of ether oxygens (including phenoxy) is 1. The normalized spacial score (nSPS) is 12.6. The van der Waals surface area contributed by atoms with Crippen molar-refractivity contribution in [2.45, 2.75) is 19.9 Å². The summed E-state index contributed by atoms with van der Waals surface area (Å²) in [4.78, 5) is 25.0. The molecule has 7 nitrogen and oxygen atoms in total. The summed E-state index contributed by atoms with van der Waals surface area (Å²) in [6, 6.07) is -0.586. The topological polar surface area (TPSA) is 96.7 Å². The van der Waals surface area contributed by atoms with E-state index >= 15 is 0 Å². The van der Waals surface area contributed by atoms with E-state index in [1.165, 1.54) is 0 Å². The van der Waals surface area contributed by atoms with Gasteiger partial charge in [-0.2, -0.15) is 0 Å². The molecule has 0 spiro atoms. The Kier molecular flexibility index (Phi) is 9.96. The number of carbonyl (C=O) groups is 2. The van der Waals surface area contributed by atoms with Crippen molar-refractivity contribution in [3.63, 3.8) is 0 Å². The third kappa shape index (κ3) is 9.71. The summed E-state index contributed by atoms with van der Waals surface area (Å²) in [5, 5.41) is 5.17. The van der Waals surface area contributed by atoms with Crippen molar-refractivity contribution in [2.24, 2.45) is 11.7 Å². The van der Waals surface area contributed by atoms with Gasteiger partial charge in [-0.15, -0.1) is 0 Å². The van der Waals surface area contributed by atoms with Crippen molar-refractivity contribution < 1.29 is 14.3 Å². The second-order valence-corrected chi connectivity index (χ2v) is 5.25. The van der Waals surface area contributed by atoms with E-state index in [2.05, 4.69) is 10.6 Å². The predicted octanol–water partition coefficient (Wildman–Crippen LogP) is -1.22. The first-order valence-corrected chi connectivity index (χ1v) is 6.87. The molecule has 0 unspecified atom stereocenters. The van der Waals surface area contributed by atoms with Crippen LogP contribution in [0.4, 0.5) is 0 Å². The fraction of sp³-hybridized carbons (Fsp3) is 0.846. The van der Waals surface area contributed by atoms with E-state index < -0.39 is 6.04 Å². The zero-order valence-electron chi connectivity index (χ0n) is 12.9. The summed E-state index contributed by atoms with van der Waals surface area (Å²) in [5.74, 6) is -0.508. The third-order valence-electron chi connectivity index (χ3n) is 2.70. The minimum Gasteiger partial charge on any atom is -0.378 e. The van der Waals surface area contributed by atoms with Crippen LogP contribution in [0.3, 0.4) is 0 Å². The van der Waals surface area contributed by atoms with Gasteiger partial charge in [0.25, 0.3) is 0 Å². The first kappa shape index (κ1) is 18.8. The summed E-state index contributed by atoms with van der Waals surface area (Å²) in [7, 11) is 3.94. The minimum absolute atomic E-state index is 0.0446. The van der Waals surface area contributed by atoms with E-state index in [1.807, 2.05) is 32.8 Å². The molecule has 20 heavy (non-hydrogen) atoms. The van der Waals surface area contributed by atoms with Crippen molar-refractivity contribution in [3.8, 4) is 0 Å². The van der Waals surface area contributed by atoms with Crippen molar-refractivity contribution >= 4 is 11.8 Å². The van der Waals surface area contributed by atoms with Gasteiger partial charge in [0.15, 0.2) is 0 Å². The highest BCUT2D eigenvalue weighted by molar-refractivity contribution is 5.87. The molecular formula is C13H28N4O3. The molecule has 0 aliphatic heterocycles. The highest BCUT2D eigenvalue weighted by atomic mass is 16.5. The van der Waals surface area contributed by atoms with Crippen LogP contribution in [0.1, 0.15) is 13.8 Å². The molecule has 2 amide bonds. The molecule has 0 rings (SSSR count). The molecule has 0 radical (unpaired) electrons. The Balaban J connectivity index is 3.57. The fourth-order valence-electron chi connectivity index (χ4n) is 1.26. The molecule has 0 fully saturated rings. The van der Waals surface area contributed by atoms with E-state index in [4.69, 9.17) is 10.5 Å². The lowest BCUT2D eigenvalue weighted by Gasteiger charge is -2.15. The average Bonchev–Trinajstić information content (AvgIpc) is 2.38. The number of nitrogens with zero attached hydrogens (tertiary/aromatic N) is 1. The molecule has 0 bridgehead atoms. The van der Waals surface area contributed by atoms with Crippen LogP contribution in [0.15, 0.2) is 0 Å². The summed E-state index contributed by atoms with van der Waals surface area (Å²) < 4.78 is 5.33. The second-order valence-electron chi connectivity index (χ2n) is 5.25.